The van der Waals surface area contributed by atoms with Gasteiger partial charge < -0.3 is 10.1 Å². The first-order valence-corrected chi connectivity index (χ1v) is 12.1. The predicted octanol–water partition coefficient (Wildman–Crippen LogP) is 6.24. The molecule has 3 aromatic rings. The SMILES string of the molecule is CC[C@@H](Oc1ccccc1Cl)C(=O)Nc1ccc(S(=O)(=O)Nc2ccc(Cl)cc2Cl)cc1. The lowest BCUT2D eigenvalue weighted by atomic mass is 10.2. The zero-order chi connectivity index (χ0) is 23.3. The molecule has 3 aromatic carbocycles. The molecule has 0 spiro atoms. The zero-order valence-corrected chi connectivity index (χ0v) is 19.9. The Labute approximate surface area is 201 Å². The topological polar surface area (TPSA) is 84.5 Å². The number of halogens is 3. The Bertz CT molecular complexity index is 1220. The highest BCUT2D eigenvalue weighted by molar-refractivity contribution is 7.92. The van der Waals surface area contributed by atoms with Crippen LogP contribution in [0.4, 0.5) is 11.4 Å². The molecule has 0 bridgehead atoms. The Morgan fingerprint density at radius 3 is 2.28 bits per heavy atom. The lowest BCUT2D eigenvalue weighted by Gasteiger charge is -2.18. The number of amides is 1. The second-order valence-corrected chi connectivity index (χ2v) is 9.62. The van der Waals surface area contributed by atoms with Crippen molar-refractivity contribution in [1.29, 1.82) is 0 Å². The van der Waals surface area contributed by atoms with Crippen molar-refractivity contribution >= 4 is 62.1 Å². The zero-order valence-electron chi connectivity index (χ0n) is 16.8. The maximum Gasteiger partial charge on any atom is 0.265 e. The highest BCUT2D eigenvalue weighted by atomic mass is 35.5. The van der Waals surface area contributed by atoms with Gasteiger partial charge in [-0.3, -0.25) is 9.52 Å². The molecule has 1 atom stereocenters. The van der Waals surface area contributed by atoms with Crippen LogP contribution in [0.5, 0.6) is 5.75 Å². The van der Waals surface area contributed by atoms with Crippen LogP contribution in [-0.4, -0.2) is 20.4 Å². The van der Waals surface area contributed by atoms with Gasteiger partial charge in [-0.2, -0.15) is 0 Å². The van der Waals surface area contributed by atoms with Crippen LogP contribution in [0.3, 0.4) is 0 Å². The number of carbonyl (C=O) groups excluding carboxylic acids is 1. The second-order valence-electron chi connectivity index (χ2n) is 6.69. The van der Waals surface area contributed by atoms with E-state index in [1.165, 1.54) is 42.5 Å². The molecule has 0 aromatic heterocycles. The minimum Gasteiger partial charge on any atom is -0.479 e. The number of para-hydroxylation sites is 1. The van der Waals surface area contributed by atoms with Crippen LogP contribution in [0.2, 0.25) is 15.1 Å². The highest BCUT2D eigenvalue weighted by Gasteiger charge is 2.20. The van der Waals surface area contributed by atoms with E-state index in [2.05, 4.69) is 10.0 Å². The third kappa shape index (κ3) is 6.07. The molecule has 0 radical (unpaired) electrons. The first-order valence-electron chi connectivity index (χ1n) is 9.49. The smallest absolute Gasteiger partial charge is 0.265 e. The summed E-state index contributed by atoms with van der Waals surface area (Å²) < 4.78 is 33.4. The van der Waals surface area contributed by atoms with Gasteiger partial charge in [0, 0.05) is 10.7 Å². The molecule has 2 N–H and O–H groups in total. The predicted molar refractivity (Wildman–Crippen MR) is 129 cm³/mol. The average molecular weight is 514 g/mol. The monoisotopic (exact) mass is 512 g/mol. The van der Waals surface area contributed by atoms with Crippen LogP contribution in [0, 0.1) is 0 Å². The number of sulfonamides is 1. The van der Waals surface area contributed by atoms with E-state index in [0.717, 1.165) is 0 Å². The molecule has 0 aliphatic rings. The Balaban J connectivity index is 1.69. The van der Waals surface area contributed by atoms with Gasteiger partial charge in [-0.25, -0.2) is 8.42 Å². The molecule has 0 fully saturated rings. The van der Waals surface area contributed by atoms with Gasteiger partial charge in [0.05, 0.1) is 20.6 Å². The number of benzene rings is 3. The lowest BCUT2D eigenvalue weighted by Crippen LogP contribution is -2.32. The fourth-order valence-corrected chi connectivity index (χ4v) is 4.50. The summed E-state index contributed by atoms with van der Waals surface area (Å²) in [6.07, 6.45) is -0.359. The number of hydrogen-bond acceptors (Lipinski definition) is 4. The highest BCUT2D eigenvalue weighted by Crippen LogP contribution is 2.28. The quantitative estimate of drug-likeness (QED) is 0.373. The van der Waals surface area contributed by atoms with E-state index < -0.39 is 16.1 Å². The van der Waals surface area contributed by atoms with Gasteiger partial charge in [0.25, 0.3) is 15.9 Å². The van der Waals surface area contributed by atoms with E-state index in [9.17, 15) is 13.2 Å². The Morgan fingerprint density at radius 1 is 0.969 bits per heavy atom. The number of nitrogens with one attached hydrogen (secondary N) is 2. The van der Waals surface area contributed by atoms with Gasteiger partial charge in [0.15, 0.2) is 6.10 Å². The molecule has 0 heterocycles. The fourth-order valence-electron chi connectivity index (χ4n) is 2.73. The van der Waals surface area contributed by atoms with Crippen molar-refractivity contribution in [2.45, 2.75) is 24.3 Å². The van der Waals surface area contributed by atoms with E-state index in [-0.39, 0.29) is 21.5 Å². The van der Waals surface area contributed by atoms with Crippen molar-refractivity contribution < 1.29 is 17.9 Å². The molecule has 0 aliphatic heterocycles. The fraction of sp³-hybridized carbons (Fsp3) is 0.136. The number of ether oxygens (including phenoxy) is 1. The molecule has 10 heteroatoms. The van der Waals surface area contributed by atoms with Crippen LogP contribution in [0.1, 0.15) is 13.3 Å². The number of carbonyl (C=O) groups is 1. The third-order valence-electron chi connectivity index (χ3n) is 4.38. The summed E-state index contributed by atoms with van der Waals surface area (Å²) in [4.78, 5) is 12.6. The summed E-state index contributed by atoms with van der Waals surface area (Å²) in [7, 11) is -3.89. The summed E-state index contributed by atoms with van der Waals surface area (Å²) >= 11 is 18.0. The summed E-state index contributed by atoms with van der Waals surface area (Å²) in [5.74, 6) is 0.0265. The molecule has 1 amide bonds. The minimum absolute atomic E-state index is 0.000810. The Hall–Kier alpha value is -2.45. The Morgan fingerprint density at radius 2 is 1.66 bits per heavy atom. The van der Waals surface area contributed by atoms with Crippen molar-refractivity contribution in [3.8, 4) is 5.75 Å². The van der Waals surface area contributed by atoms with E-state index in [4.69, 9.17) is 39.5 Å². The third-order valence-corrected chi connectivity index (χ3v) is 6.62. The van der Waals surface area contributed by atoms with Crippen LogP contribution in [-0.2, 0) is 14.8 Å². The molecule has 0 saturated carbocycles. The molecule has 6 nitrogen and oxygen atoms in total. The van der Waals surface area contributed by atoms with Gasteiger partial charge >= 0.3 is 0 Å². The van der Waals surface area contributed by atoms with Crippen LogP contribution < -0.4 is 14.8 Å². The maximum absolute atomic E-state index is 12.6. The summed E-state index contributed by atoms with van der Waals surface area (Å²) in [6.45, 7) is 1.81. The van der Waals surface area contributed by atoms with E-state index in [0.29, 0.717) is 27.9 Å². The number of rotatable bonds is 8. The molecule has 168 valence electrons. The first-order chi connectivity index (χ1) is 15.2. The van der Waals surface area contributed by atoms with Crippen molar-refractivity contribution in [2.75, 3.05) is 10.0 Å². The second kappa shape index (κ2) is 10.4. The lowest BCUT2D eigenvalue weighted by molar-refractivity contribution is -0.122. The van der Waals surface area contributed by atoms with Crippen molar-refractivity contribution in [3.05, 3.63) is 81.8 Å². The summed E-state index contributed by atoms with van der Waals surface area (Å²) in [5, 5.41) is 3.69. The van der Waals surface area contributed by atoms with Crippen LogP contribution >= 0.6 is 34.8 Å². The number of hydrogen-bond donors (Lipinski definition) is 2. The normalized spacial score (nSPS) is 12.1. The Kier molecular flexibility index (Phi) is 7.90. The first kappa shape index (κ1) is 24.2. The van der Waals surface area contributed by atoms with Crippen molar-refractivity contribution in [3.63, 3.8) is 0 Å². The van der Waals surface area contributed by atoms with Crippen LogP contribution in [0.25, 0.3) is 0 Å². The molecule has 32 heavy (non-hydrogen) atoms. The average Bonchev–Trinajstić information content (AvgIpc) is 2.75. The van der Waals surface area contributed by atoms with E-state index in [1.54, 1.807) is 24.3 Å². The summed E-state index contributed by atoms with van der Waals surface area (Å²) in [5.41, 5.74) is 0.621. The van der Waals surface area contributed by atoms with Crippen LogP contribution in [0.15, 0.2) is 71.6 Å². The largest absolute Gasteiger partial charge is 0.479 e. The van der Waals surface area contributed by atoms with E-state index >= 15 is 0 Å². The minimum atomic E-state index is -3.89. The van der Waals surface area contributed by atoms with Gasteiger partial charge in [0.1, 0.15) is 5.75 Å². The molecule has 0 unspecified atom stereocenters. The van der Waals surface area contributed by atoms with Gasteiger partial charge in [-0.1, -0.05) is 53.9 Å². The molecular formula is C22H19Cl3N2O4S. The maximum atomic E-state index is 12.6. The molecule has 3 rings (SSSR count). The summed E-state index contributed by atoms with van der Waals surface area (Å²) in [6, 6.07) is 17.0. The molecular weight excluding hydrogens is 495 g/mol. The standard InChI is InChI=1S/C22H19Cl3N2O4S/c1-2-20(31-21-6-4-3-5-17(21)24)22(28)26-15-8-10-16(11-9-15)32(29,30)27-19-12-7-14(23)13-18(19)25/h3-13,20,27H,2H2,1H3,(H,26,28)/t20-/m1/s1. The van der Waals surface area contributed by atoms with Crippen molar-refractivity contribution in [1.82, 2.24) is 0 Å². The number of anilines is 2. The van der Waals surface area contributed by atoms with Gasteiger partial charge in [-0.05, 0) is 61.0 Å². The van der Waals surface area contributed by atoms with Gasteiger partial charge in [-0.15, -0.1) is 0 Å². The van der Waals surface area contributed by atoms with Crippen molar-refractivity contribution in [2.24, 2.45) is 0 Å². The van der Waals surface area contributed by atoms with E-state index in [1.807, 2.05) is 6.92 Å². The van der Waals surface area contributed by atoms with Gasteiger partial charge in [0.2, 0.25) is 0 Å². The molecule has 0 aliphatic carbocycles. The molecule has 0 saturated heterocycles.